The van der Waals surface area contributed by atoms with Crippen molar-refractivity contribution in [1.29, 1.82) is 0 Å². The monoisotopic (exact) mass is 286 g/mol. The molecule has 2 nitrogen and oxygen atoms in total. The Hall–Kier alpha value is -0.370. The van der Waals surface area contributed by atoms with Crippen molar-refractivity contribution in [3.05, 3.63) is 40.6 Å². The van der Waals surface area contributed by atoms with Gasteiger partial charge >= 0.3 is 0 Å². The lowest BCUT2D eigenvalue weighted by molar-refractivity contribution is 0.180. The fourth-order valence-corrected chi connectivity index (χ4v) is 4.77. The molecule has 1 atom stereocenters. The first-order chi connectivity index (χ1) is 6.94. The summed E-state index contributed by atoms with van der Waals surface area (Å²) >= 11 is 3.40. The molecule has 1 aliphatic rings. The summed E-state index contributed by atoms with van der Waals surface area (Å²) in [6.07, 6.45) is 0. The van der Waals surface area contributed by atoms with Crippen molar-refractivity contribution >= 4 is 28.6 Å². The van der Waals surface area contributed by atoms with Crippen molar-refractivity contribution in [3.8, 4) is 0 Å². The summed E-state index contributed by atoms with van der Waals surface area (Å²) in [5.74, 6) is 1.70. The van der Waals surface area contributed by atoms with Crippen molar-refractivity contribution in [3.63, 3.8) is 0 Å². The predicted molar refractivity (Wildman–Crippen MR) is 65.9 cm³/mol. The molecule has 0 spiro atoms. The van der Waals surface area contributed by atoms with Crippen LogP contribution in [0.2, 0.25) is 0 Å². The highest BCUT2D eigenvalue weighted by molar-refractivity contribution is 9.11. The Morgan fingerprint density at radius 2 is 1.87 bits per heavy atom. The molecule has 0 aliphatic carbocycles. The number of halogens is 1. The molecule has 4 heteroatoms. The van der Waals surface area contributed by atoms with Crippen LogP contribution in [0, 0.1) is 0 Å². The van der Waals surface area contributed by atoms with Crippen LogP contribution < -0.4 is 5.30 Å². The van der Waals surface area contributed by atoms with Crippen molar-refractivity contribution in [2.45, 2.75) is 19.4 Å². The molecule has 0 saturated carbocycles. The lowest BCUT2D eigenvalue weighted by Gasteiger charge is -2.20. The fourth-order valence-electron chi connectivity index (χ4n) is 1.48. The Labute approximate surface area is 97.9 Å². The molecular weight excluding hydrogens is 275 g/mol. The van der Waals surface area contributed by atoms with Crippen molar-refractivity contribution < 1.29 is 9.09 Å². The molecular formula is C11H12BrO2P. The molecule has 80 valence electrons. The average Bonchev–Trinajstić information content (AvgIpc) is 2.38. The van der Waals surface area contributed by atoms with Crippen LogP contribution in [0.15, 0.2) is 40.6 Å². The van der Waals surface area contributed by atoms with Crippen LogP contribution in [0.3, 0.4) is 0 Å². The van der Waals surface area contributed by atoms with Gasteiger partial charge in [-0.05, 0) is 26.0 Å². The van der Waals surface area contributed by atoms with Crippen LogP contribution in [0.25, 0.3) is 0 Å². The van der Waals surface area contributed by atoms with E-state index >= 15 is 0 Å². The van der Waals surface area contributed by atoms with Gasteiger partial charge in [0.25, 0.3) is 7.37 Å². The minimum atomic E-state index is -2.81. The van der Waals surface area contributed by atoms with Gasteiger partial charge in [0.2, 0.25) is 0 Å². The highest BCUT2D eigenvalue weighted by Gasteiger charge is 2.41. The van der Waals surface area contributed by atoms with Gasteiger partial charge in [-0.15, -0.1) is 0 Å². The third-order valence-corrected chi connectivity index (χ3v) is 6.22. The molecule has 0 unspecified atom stereocenters. The second-order valence-electron chi connectivity index (χ2n) is 4.01. The van der Waals surface area contributed by atoms with Crippen LogP contribution in [-0.2, 0) is 9.09 Å². The zero-order chi connectivity index (χ0) is 11.1. The number of rotatable bonds is 1. The standard InChI is InChI=1S/C11H12BrO2P/c1-11(2)10(12)8-15(13,14-11)9-6-4-3-5-7-9/h3-8H,1-2H3/t15-/m0/s1. The first-order valence-electron chi connectivity index (χ1n) is 4.69. The number of hydrogen-bond donors (Lipinski definition) is 0. The maximum absolute atomic E-state index is 12.5. The number of hydrogen-bond acceptors (Lipinski definition) is 2. The Morgan fingerprint density at radius 3 is 2.33 bits per heavy atom. The lowest BCUT2D eigenvalue weighted by Crippen LogP contribution is -2.19. The summed E-state index contributed by atoms with van der Waals surface area (Å²) in [4.78, 5) is 0. The molecule has 1 aromatic carbocycles. The highest BCUT2D eigenvalue weighted by Crippen LogP contribution is 2.60. The zero-order valence-corrected chi connectivity index (χ0v) is 11.1. The zero-order valence-electron chi connectivity index (χ0n) is 8.61. The lowest BCUT2D eigenvalue weighted by atomic mass is 10.1. The van der Waals surface area contributed by atoms with E-state index in [4.69, 9.17) is 4.52 Å². The van der Waals surface area contributed by atoms with E-state index in [0.717, 1.165) is 9.79 Å². The van der Waals surface area contributed by atoms with Crippen molar-refractivity contribution in [2.75, 3.05) is 0 Å². The van der Waals surface area contributed by atoms with E-state index in [9.17, 15) is 4.57 Å². The van der Waals surface area contributed by atoms with E-state index in [1.807, 2.05) is 44.2 Å². The van der Waals surface area contributed by atoms with Crippen LogP contribution in [0.1, 0.15) is 13.8 Å². The Morgan fingerprint density at radius 1 is 1.27 bits per heavy atom. The quantitative estimate of drug-likeness (QED) is 0.737. The summed E-state index contributed by atoms with van der Waals surface area (Å²) < 4.78 is 19.0. The molecule has 0 aromatic heterocycles. The maximum atomic E-state index is 12.5. The third-order valence-electron chi connectivity index (χ3n) is 2.34. The average molecular weight is 287 g/mol. The normalized spacial score (nSPS) is 28.9. The van der Waals surface area contributed by atoms with Crippen LogP contribution in [-0.4, -0.2) is 5.60 Å². The van der Waals surface area contributed by atoms with Crippen molar-refractivity contribution in [1.82, 2.24) is 0 Å². The third kappa shape index (κ3) is 1.96. The summed E-state index contributed by atoms with van der Waals surface area (Å²) in [5.41, 5.74) is -0.495. The molecule has 15 heavy (non-hydrogen) atoms. The molecule has 1 aliphatic heterocycles. The van der Waals surface area contributed by atoms with Gasteiger partial charge in [-0.2, -0.15) is 0 Å². The molecule has 0 N–H and O–H groups in total. The predicted octanol–water partition coefficient (Wildman–Crippen LogP) is 3.64. The van der Waals surface area contributed by atoms with Crippen molar-refractivity contribution in [2.24, 2.45) is 0 Å². The molecule has 0 bridgehead atoms. The molecule has 0 fully saturated rings. The van der Waals surface area contributed by atoms with E-state index in [-0.39, 0.29) is 0 Å². The Bertz CT molecular complexity index is 451. The van der Waals surface area contributed by atoms with Gasteiger partial charge in [0, 0.05) is 15.6 Å². The molecule has 0 radical (unpaired) electrons. The SMILES string of the molecule is CC1(C)O[P@](=O)(c2ccccc2)C=C1Br. The maximum Gasteiger partial charge on any atom is 0.256 e. The highest BCUT2D eigenvalue weighted by atomic mass is 79.9. The minimum Gasteiger partial charge on any atom is -0.311 e. The van der Waals surface area contributed by atoms with Crippen LogP contribution in [0.5, 0.6) is 0 Å². The topological polar surface area (TPSA) is 26.3 Å². The fraction of sp³-hybridized carbons (Fsp3) is 0.273. The molecule has 0 amide bonds. The Balaban J connectivity index is 2.45. The second kappa shape index (κ2) is 3.58. The molecule has 1 heterocycles. The summed E-state index contributed by atoms with van der Waals surface area (Å²) in [5, 5.41) is 0.743. The summed E-state index contributed by atoms with van der Waals surface area (Å²) in [6.45, 7) is 3.80. The largest absolute Gasteiger partial charge is 0.311 e. The number of benzene rings is 1. The summed E-state index contributed by atoms with van der Waals surface area (Å²) in [6, 6.07) is 9.30. The van der Waals surface area contributed by atoms with Gasteiger partial charge < -0.3 is 4.52 Å². The molecule has 1 aromatic rings. The van der Waals surface area contributed by atoms with E-state index in [1.54, 1.807) is 5.82 Å². The van der Waals surface area contributed by atoms with Crippen LogP contribution in [0.4, 0.5) is 0 Å². The van der Waals surface area contributed by atoms with Gasteiger partial charge in [-0.1, -0.05) is 34.1 Å². The molecule has 2 rings (SSSR count). The smallest absolute Gasteiger partial charge is 0.256 e. The van der Waals surface area contributed by atoms with Gasteiger partial charge in [0.05, 0.1) is 0 Å². The van der Waals surface area contributed by atoms with E-state index in [2.05, 4.69) is 15.9 Å². The molecule has 0 saturated heterocycles. The second-order valence-corrected chi connectivity index (χ2v) is 7.02. The van der Waals surface area contributed by atoms with Gasteiger partial charge in [-0.3, -0.25) is 4.57 Å². The minimum absolute atomic E-state index is 0.495. The van der Waals surface area contributed by atoms with E-state index in [1.165, 1.54) is 0 Å². The van der Waals surface area contributed by atoms with Crippen LogP contribution >= 0.6 is 23.3 Å². The Kier molecular flexibility index (Phi) is 2.66. The van der Waals surface area contributed by atoms with E-state index < -0.39 is 13.0 Å². The first-order valence-corrected chi connectivity index (χ1v) is 7.18. The van der Waals surface area contributed by atoms with Gasteiger partial charge in [0.1, 0.15) is 5.60 Å². The van der Waals surface area contributed by atoms with E-state index in [0.29, 0.717) is 0 Å². The summed E-state index contributed by atoms with van der Waals surface area (Å²) in [7, 11) is -2.81. The van der Waals surface area contributed by atoms with Gasteiger partial charge in [0.15, 0.2) is 0 Å². The first kappa shape index (κ1) is 11.1. The van der Waals surface area contributed by atoms with Gasteiger partial charge in [-0.25, -0.2) is 0 Å².